The van der Waals surface area contributed by atoms with E-state index < -0.39 is 38.5 Å². The number of rotatable bonds is 13. The lowest BCUT2D eigenvalue weighted by Crippen LogP contribution is -2.42. The van der Waals surface area contributed by atoms with Crippen LogP contribution in [0, 0.1) is 11.8 Å². The van der Waals surface area contributed by atoms with Crippen molar-refractivity contribution < 1.29 is 29.9 Å². The molecule has 0 spiro atoms. The van der Waals surface area contributed by atoms with Crippen LogP contribution in [0.25, 0.3) is 0 Å². The Kier molecular flexibility index (Phi) is 10.7. The predicted molar refractivity (Wildman–Crippen MR) is 145 cm³/mol. The zero-order chi connectivity index (χ0) is 26.3. The number of hydrogen-bond donors (Lipinski definition) is 0. The van der Waals surface area contributed by atoms with Gasteiger partial charge in [0, 0.05) is 0 Å². The van der Waals surface area contributed by atoms with Gasteiger partial charge in [-0.1, -0.05) is 64.1 Å². The summed E-state index contributed by atoms with van der Waals surface area (Å²) in [6, 6.07) is 15.5. The average molecular weight is 575 g/mol. The van der Waals surface area contributed by atoms with Gasteiger partial charge >= 0.3 is 0 Å². The van der Waals surface area contributed by atoms with Gasteiger partial charge < -0.3 is 4.74 Å². The number of hydrogen-bond acceptors (Lipinski definition) is 9. The number of benzene rings is 2. The van der Waals surface area contributed by atoms with Crippen LogP contribution in [-0.4, -0.2) is 57.8 Å². The van der Waals surface area contributed by atoms with Crippen LogP contribution in [0.5, 0.6) is 0 Å². The van der Waals surface area contributed by atoms with Crippen molar-refractivity contribution in [3.63, 3.8) is 0 Å². The summed E-state index contributed by atoms with van der Waals surface area (Å²) >= 11 is 3.34. The van der Waals surface area contributed by atoms with Crippen LogP contribution in [0.1, 0.15) is 27.7 Å². The van der Waals surface area contributed by atoms with Gasteiger partial charge in [0.1, 0.15) is 18.3 Å². The summed E-state index contributed by atoms with van der Waals surface area (Å²) in [5.74, 6) is 2.50. The van der Waals surface area contributed by atoms with Gasteiger partial charge in [0.15, 0.2) is 0 Å². The van der Waals surface area contributed by atoms with Crippen molar-refractivity contribution in [2.75, 3.05) is 18.1 Å². The molecule has 7 nitrogen and oxygen atoms in total. The first-order valence-corrected chi connectivity index (χ1v) is 16.7. The first-order chi connectivity index (χ1) is 17.0. The minimum Gasteiger partial charge on any atom is -0.370 e. The van der Waals surface area contributed by atoms with Gasteiger partial charge in [-0.3, -0.25) is 8.37 Å². The van der Waals surface area contributed by atoms with E-state index in [1.165, 1.54) is 24.3 Å². The Balaban J connectivity index is 1.93. The second-order valence-corrected chi connectivity index (χ2v) is 15.1. The van der Waals surface area contributed by atoms with Crippen LogP contribution in [-0.2, 0) is 33.3 Å². The van der Waals surface area contributed by atoms with Crippen LogP contribution < -0.4 is 0 Å². The molecule has 11 heteroatoms. The van der Waals surface area contributed by atoms with Crippen LogP contribution in [0.3, 0.4) is 0 Å². The predicted octanol–water partition coefficient (Wildman–Crippen LogP) is 5.04. The third-order valence-electron chi connectivity index (χ3n) is 5.15. The maximum absolute atomic E-state index is 13.2. The molecule has 0 N–H and O–H groups in total. The summed E-state index contributed by atoms with van der Waals surface area (Å²) in [5.41, 5.74) is 0. The third-order valence-corrected chi connectivity index (χ3v) is 11.6. The molecule has 0 saturated carbocycles. The SMILES string of the molecule is CC(C)CSC(SCC(C)C)[C@@H]1OC[C@@H](OS(=O)(=O)c2ccccc2)[C@H]1OS(=O)(=O)c1ccccc1. The smallest absolute Gasteiger partial charge is 0.297 e. The first-order valence-electron chi connectivity index (χ1n) is 11.8. The fraction of sp³-hybridized carbons (Fsp3) is 0.520. The largest absolute Gasteiger partial charge is 0.370 e. The second-order valence-electron chi connectivity index (χ2n) is 9.35. The maximum atomic E-state index is 13.2. The quantitative estimate of drug-likeness (QED) is 0.241. The molecule has 2 aromatic carbocycles. The molecule has 0 aliphatic carbocycles. The second kappa shape index (κ2) is 13.1. The van der Waals surface area contributed by atoms with E-state index in [4.69, 9.17) is 13.1 Å². The van der Waals surface area contributed by atoms with Crippen LogP contribution in [0.2, 0.25) is 0 Å². The molecular weight excluding hydrogens is 541 g/mol. The van der Waals surface area contributed by atoms with Gasteiger partial charge in [-0.15, -0.1) is 23.5 Å². The van der Waals surface area contributed by atoms with E-state index in [1.54, 1.807) is 59.9 Å². The highest BCUT2D eigenvalue weighted by atomic mass is 32.2. The fourth-order valence-electron chi connectivity index (χ4n) is 3.45. The van der Waals surface area contributed by atoms with Gasteiger partial charge in [-0.2, -0.15) is 16.8 Å². The third kappa shape index (κ3) is 8.21. The van der Waals surface area contributed by atoms with E-state index in [-0.39, 0.29) is 21.0 Å². The topological polar surface area (TPSA) is 96.0 Å². The molecule has 1 aliphatic rings. The molecule has 0 aromatic heterocycles. The van der Waals surface area contributed by atoms with E-state index in [9.17, 15) is 16.8 Å². The summed E-state index contributed by atoms with van der Waals surface area (Å²) in [7, 11) is -8.37. The normalized spacial score (nSPS) is 21.0. The van der Waals surface area contributed by atoms with Gasteiger partial charge in [-0.05, 0) is 47.6 Å². The summed E-state index contributed by atoms with van der Waals surface area (Å²) in [6.07, 6.45) is -2.95. The van der Waals surface area contributed by atoms with E-state index in [0.717, 1.165) is 11.5 Å². The standard InChI is InChI=1S/C25H34O7S4/c1-18(2)16-33-25(34-17-19(3)4)24-23(32-36(28,29)21-13-9-6-10-14-21)22(15-30-24)31-35(26,27)20-11-7-5-8-12-20/h5-14,18-19,22-25H,15-17H2,1-4H3/t22-,23-,24-/m1/s1. The summed E-state index contributed by atoms with van der Waals surface area (Å²) in [4.78, 5) is -0.0282. The van der Waals surface area contributed by atoms with Crippen LogP contribution in [0.4, 0.5) is 0 Å². The van der Waals surface area contributed by atoms with Gasteiger partial charge in [0.2, 0.25) is 0 Å². The van der Waals surface area contributed by atoms with E-state index in [2.05, 4.69) is 27.7 Å². The monoisotopic (exact) mass is 574 g/mol. The summed E-state index contributed by atoms with van der Waals surface area (Å²) < 4.78 is 69.5. The molecule has 2 aromatic rings. The number of thioether (sulfide) groups is 2. The Morgan fingerprint density at radius 2 is 1.22 bits per heavy atom. The molecule has 1 saturated heterocycles. The van der Waals surface area contributed by atoms with Crippen molar-refractivity contribution in [3.05, 3.63) is 60.7 Å². The Labute approximate surface area is 223 Å². The Hall–Kier alpha value is -1.08. The van der Waals surface area contributed by atoms with Gasteiger partial charge in [-0.25, -0.2) is 0 Å². The number of ether oxygens (including phenoxy) is 1. The first kappa shape index (κ1) is 29.5. The Morgan fingerprint density at radius 1 is 0.778 bits per heavy atom. The van der Waals surface area contributed by atoms with E-state index in [1.807, 2.05) is 0 Å². The average Bonchev–Trinajstić information content (AvgIpc) is 3.20. The molecule has 1 heterocycles. The van der Waals surface area contributed by atoms with Crippen molar-refractivity contribution in [2.45, 2.75) is 60.4 Å². The lowest BCUT2D eigenvalue weighted by Gasteiger charge is -2.29. The molecule has 36 heavy (non-hydrogen) atoms. The lowest BCUT2D eigenvalue weighted by molar-refractivity contribution is 0.0604. The Morgan fingerprint density at radius 3 is 1.67 bits per heavy atom. The molecule has 200 valence electrons. The van der Waals surface area contributed by atoms with E-state index >= 15 is 0 Å². The molecule has 0 amide bonds. The highest BCUT2D eigenvalue weighted by molar-refractivity contribution is 8.17. The van der Waals surface area contributed by atoms with Crippen molar-refractivity contribution in [2.24, 2.45) is 11.8 Å². The molecule has 0 unspecified atom stereocenters. The lowest BCUT2D eigenvalue weighted by atomic mass is 10.2. The molecule has 1 fully saturated rings. The minimum atomic E-state index is -4.20. The highest BCUT2D eigenvalue weighted by Gasteiger charge is 2.48. The Bertz CT molecular complexity index is 1140. The molecule has 0 radical (unpaired) electrons. The van der Waals surface area contributed by atoms with Crippen molar-refractivity contribution in [3.8, 4) is 0 Å². The van der Waals surface area contributed by atoms with Gasteiger partial charge in [0.25, 0.3) is 20.2 Å². The van der Waals surface area contributed by atoms with Crippen molar-refractivity contribution >= 4 is 43.8 Å². The van der Waals surface area contributed by atoms with Gasteiger partial charge in [0.05, 0.1) is 21.0 Å². The van der Waals surface area contributed by atoms with Crippen molar-refractivity contribution in [1.29, 1.82) is 0 Å². The zero-order valence-corrected chi connectivity index (χ0v) is 24.1. The fourth-order valence-corrected chi connectivity index (χ4v) is 8.52. The summed E-state index contributed by atoms with van der Waals surface area (Å²) in [5, 5.41) is 0. The highest BCUT2D eigenvalue weighted by Crippen LogP contribution is 2.39. The maximum Gasteiger partial charge on any atom is 0.297 e. The van der Waals surface area contributed by atoms with E-state index in [0.29, 0.717) is 11.8 Å². The van der Waals surface area contributed by atoms with Crippen LogP contribution in [0.15, 0.2) is 70.5 Å². The molecule has 3 rings (SSSR count). The molecular formula is C25H34O7S4. The molecule has 1 aliphatic heterocycles. The summed E-state index contributed by atoms with van der Waals surface area (Å²) in [6.45, 7) is 8.34. The molecule has 0 bridgehead atoms. The van der Waals surface area contributed by atoms with Crippen molar-refractivity contribution in [1.82, 2.24) is 0 Å². The molecule has 3 atom stereocenters. The minimum absolute atomic E-state index is 0.0125. The van der Waals surface area contributed by atoms with Crippen LogP contribution >= 0.6 is 23.5 Å². The zero-order valence-electron chi connectivity index (χ0n) is 20.8.